The number of amides is 4. The maximum absolute atomic E-state index is 13.9. The van der Waals surface area contributed by atoms with Gasteiger partial charge in [-0.1, -0.05) is 36.4 Å². The molecule has 0 radical (unpaired) electrons. The van der Waals surface area contributed by atoms with E-state index in [4.69, 9.17) is 9.47 Å². The van der Waals surface area contributed by atoms with Gasteiger partial charge in [-0.3, -0.25) is 14.5 Å². The average molecular weight is 534 g/mol. The summed E-state index contributed by atoms with van der Waals surface area (Å²) in [5.74, 6) is -0.502. The minimum absolute atomic E-state index is 0.0409. The van der Waals surface area contributed by atoms with Gasteiger partial charge in [-0.15, -0.1) is 0 Å². The number of rotatable bonds is 7. The lowest BCUT2D eigenvalue weighted by molar-refractivity contribution is -0.152. The molecule has 2 aromatic rings. The van der Waals surface area contributed by atoms with Gasteiger partial charge >= 0.3 is 6.03 Å². The van der Waals surface area contributed by atoms with Crippen molar-refractivity contribution in [3.8, 4) is 0 Å². The molecule has 3 fully saturated rings. The maximum Gasteiger partial charge on any atom is 0.327 e. The summed E-state index contributed by atoms with van der Waals surface area (Å²) < 4.78 is 11.4. The molecule has 2 saturated heterocycles. The Bertz CT molecular complexity index is 1190. The van der Waals surface area contributed by atoms with Gasteiger partial charge in [0.1, 0.15) is 0 Å². The monoisotopic (exact) mass is 533 g/mol. The highest BCUT2D eigenvalue weighted by Gasteiger charge is 2.51. The molecule has 4 atom stereocenters. The lowest BCUT2D eigenvalue weighted by Gasteiger charge is -2.50. The number of ether oxygens (including phenoxy) is 2. The van der Waals surface area contributed by atoms with Gasteiger partial charge in [0.2, 0.25) is 5.91 Å². The van der Waals surface area contributed by atoms with Crippen LogP contribution in [0.15, 0.2) is 48.5 Å². The van der Waals surface area contributed by atoms with Gasteiger partial charge in [-0.2, -0.15) is 0 Å². The fourth-order valence-electron chi connectivity index (χ4n) is 6.33. The Kier molecular flexibility index (Phi) is 8.33. The number of piperidine rings is 1. The SMILES string of the molecule is COC1CC2C(=O)N(Cc3ccc(C(=O)N4CCCCC4)cc3)C(=O)N(Cc3ccccc3C)C2CC1OC. The molecular weight excluding hydrogens is 494 g/mol. The van der Waals surface area contributed by atoms with E-state index < -0.39 is 0 Å². The predicted molar refractivity (Wildman–Crippen MR) is 147 cm³/mol. The van der Waals surface area contributed by atoms with E-state index in [1.165, 1.54) is 11.3 Å². The number of urea groups is 1. The molecule has 1 aliphatic carbocycles. The average Bonchev–Trinajstić information content (AvgIpc) is 2.98. The molecule has 2 aromatic carbocycles. The molecular formula is C31H39N3O5. The Morgan fingerprint density at radius 2 is 1.54 bits per heavy atom. The van der Waals surface area contributed by atoms with Crippen LogP contribution in [0.2, 0.25) is 0 Å². The molecule has 208 valence electrons. The molecule has 0 spiro atoms. The Balaban J connectivity index is 1.39. The zero-order valence-corrected chi connectivity index (χ0v) is 23.2. The molecule has 8 nitrogen and oxygen atoms in total. The van der Waals surface area contributed by atoms with Crippen molar-refractivity contribution in [3.05, 3.63) is 70.8 Å². The number of hydrogen-bond acceptors (Lipinski definition) is 5. The number of imide groups is 1. The number of hydrogen-bond donors (Lipinski definition) is 0. The fraction of sp³-hybridized carbons (Fsp3) is 0.516. The number of benzene rings is 2. The van der Waals surface area contributed by atoms with E-state index >= 15 is 0 Å². The number of fused-ring (bicyclic) bond motifs is 1. The van der Waals surface area contributed by atoms with Crippen LogP contribution in [-0.4, -0.2) is 78.1 Å². The highest BCUT2D eigenvalue weighted by molar-refractivity contribution is 5.99. The second-order valence-corrected chi connectivity index (χ2v) is 11.0. The fourth-order valence-corrected chi connectivity index (χ4v) is 6.33. The van der Waals surface area contributed by atoms with E-state index in [1.807, 2.05) is 65.3 Å². The highest BCUT2D eigenvalue weighted by atomic mass is 16.5. The number of methoxy groups -OCH3 is 2. The third-order valence-electron chi connectivity index (χ3n) is 8.69. The first kappa shape index (κ1) is 27.3. The molecule has 2 heterocycles. The highest BCUT2D eigenvalue weighted by Crippen LogP contribution is 2.38. The predicted octanol–water partition coefficient (Wildman–Crippen LogP) is 4.39. The first-order chi connectivity index (χ1) is 18.9. The van der Waals surface area contributed by atoms with Gasteiger partial charge in [0.05, 0.1) is 24.7 Å². The van der Waals surface area contributed by atoms with Crippen LogP contribution in [0.1, 0.15) is 59.2 Å². The molecule has 4 amide bonds. The topological polar surface area (TPSA) is 79.4 Å². The second-order valence-electron chi connectivity index (χ2n) is 11.0. The van der Waals surface area contributed by atoms with Crippen LogP contribution in [-0.2, 0) is 27.4 Å². The van der Waals surface area contributed by atoms with E-state index in [0.717, 1.165) is 42.6 Å². The summed E-state index contributed by atoms with van der Waals surface area (Å²) >= 11 is 0. The molecule has 8 heteroatoms. The summed E-state index contributed by atoms with van der Waals surface area (Å²) in [6.07, 6.45) is 3.89. The van der Waals surface area contributed by atoms with Gasteiger partial charge in [0.15, 0.2) is 0 Å². The van der Waals surface area contributed by atoms with Crippen molar-refractivity contribution >= 4 is 17.8 Å². The first-order valence-electron chi connectivity index (χ1n) is 14.0. The number of carbonyl (C=O) groups excluding carboxylic acids is 3. The second kappa shape index (κ2) is 11.9. The van der Waals surface area contributed by atoms with Crippen molar-refractivity contribution in [1.29, 1.82) is 0 Å². The zero-order chi connectivity index (χ0) is 27.5. The summed E-state index contributed by atoms with van der Waals surface area (Å²) in [4.78, 5) is 45.8. The van der Waals surface area contributed by atoms with Crippen LogP contribution in [0.3, 0.4) is 0 Å². The summed E-state index contributed by atoms with van der Waals surface area (Å²) in [5.41, 5.74) is 3.62. The van der Waals surface area contributed by atoms with Crippen LogP contribution in [0.25, 0.3) is 0 Å². The molecule has 2 aliphatic heterocycles. The largest absolute Gasteiger partial charge is 0.379 e. The maximum atomic E-state index is 13.9. The van der Waals surface area contributed by atoms with Crippen LogP contribution >= 0.6 is 0 Å². The molecule has 3 aliphatic rings. The number of nitrogens with zero attached hydrogens (tertiary/aromatic N) is 3. The van der Waals surface area contributed by atoms with Gasteiger partial charge in [0.25, 0.3) is 5.91 Å². The minimum atomic E-state index is -0.372. The number of carbonyl (C=O) groups is 3. The standard InChI is InChI=1S/C31H39N3O5/c1-21-9-5-6-10-24(21)20-33-26-18-28(39-3)27(38-2)17-25(26)30(36)34(31(33)37)19-22-11-13-23(14-12-22)29(35)32-15-7-4-8-16-32/h5-6,9-14,25-28H,4,7-8,15-20H2,1-3H3. The molecule has 1 saturated carbocycles. The number of likely N-dealkylation sites (tertiary alicyclic amines) is 1. The van der Waals surface area contributed by atoms with Crippen LogP contribution in [0, 0.1) is 12.8 Å². The van der Waals surface area contributed by atoms with Gasteiger partial charge in [-0.05, 0) is 67.9 Å². The quantitative estimate of drug-likeness (QED) is 0.527. The third kappa shape index (κ3) is 5.58. The Hall–Kier alpha value is -3.23. The van der Waals surface area contributed by atoms with Crippen LogP contribution < -0.4 is 0 Å². The molecule has 5 rings (SSSR count). The first-order valence-corrected chi connectivity index (χ1v) is 14.0. The molecule has 4 unspecified atom stereocenters. The van der Waals surface area contributed by atoms with Crippen molar-refractivity contribution < 1.29 is 23.9 Å². The van der Waals surface area contributed by atoms with Crippen molar-refractivity contribution in [1.82, 2.24) is 14.7 Å². The minimum Gasteiger partial charge on any atom is -0.379 e. The molecule has 0 N–H and O–H groups in total. The normalized spacial score (nSPS) is 25.6. The third-order valence-corrected chi connectivity index (χ3v) is 8.69. The Morgan fingerprint density at radius 1 is 0.872 bits per heavy atom. The summed E-state index contributed by atoms with van der Waals surface area (Å²) in [6.45, 7) is 4.21. The molecule has 0 aromatic heterocycles. The van der Waals surface area contributed by atoms with Gasteiger partial charge < -0.3 is 19.3 Å². The van der Waals surface area contributed by atoms with Crippen LogP contribution in [0.5, 0.6) is 0 Å². The van der Waals surface area contributed by atoms with E-state index in [9.17, 15) is 14.4 Å². The molecule has 39 heavy (non-hydrogen) atoms. The van der Waals surface area contributed by atoms with Crippen molar-refractivity contribution in [2.24, 2.45) is 5.92 Å². The smallest absolute Gasteiger partial charge is 0.327 e. The van der Waals surface area contributed by atoms with Crippen molar-refractivity contribution in [2.75, 3.05) is 27.3 Å². The van der Waals surface area contributed by atoms with Crippen LogP contribution in [0.4, 0.5) is 4.79 Å². The van der Waals surface area contributed by atoms with E-state index in [0.29, 0.717) is 24.9 Å². The van der Waals surface area contributed by atoms with E-state index in [2.05, 4.69) is 0 Å². The Labute approximate surface area is 230 Å². The summed E-state index contributed by atoms with van der Waals surface area (Å²) in [6, 6.07) is 14.8. The summed E-state index contributed by atoms with van der Waals surface area (Å²) in [7, 11) is 3.30. The van der Waals surface area contributed by atoms with Gasteiger partial charge in [-0.25, -0.2) is 4.79 Å². The Morgan fingerprint density at radius 3 is 2.21 bits per heavy atom. The molecule has 0 bridgehead atoms. The van der Waals surface area contributed by atoms with Gasteiger partial charge in [0, 0.05) is 45.5 Å². The zero-order valence-electron chi connectivity index (χ0n) is 23.2. The van der Waals surface area contributed by atoms with E-state index in [-0.39, 0.29) is 48.6 Å². The van der Waals surface area contributed by atoms with Crippen molar-refractivity contribution in [2.45, 2.75) is 70.4 Å². The van der Waals surface area contributed by atoms with Crippen molar-refractivity contribution in [3.63, 3.8) is 0 Å². The summed E-state index contributed by atoms with van der Waals surface area (Å²) in [5, 5.41) is 0. The lowest BCUT2D eigenvalue weighted by atomic mass is 9.77. The van der Waals surface area contributed by atoms with E-state index in [1.54, 1.807) is 14.2 Å². The number of aryl methyl sites for hydroxylation is 1. The lowest BCUT2D eigenvalue weighted by Crippen LogP contribution is -2.64.